The molecule has 1 heterocycles. The maximum absolute atomic E-state index is 12.8. The van der Waals surface area contributed by atoms with E-state index in [0.717, 1.165) is 45.7 Å². The largest absolute Gasteiger partial charge is 0.484 e. The number of thioether (sulfide) groups is 1. The molecule has 7 heteroatoms. The first-order valence-corrected chi connectivity index (χ1v) is 13.9. The Morgan fingerprint density at radius 3 is 2.72 bits per heavy atom. The third-order valence-electron chi connectivity index (χ3n) is 6.75. The van der Waals surface area contributed by atoms with E-state index in [2.05, 4.69) is 28.4 Å². The topological polar surface area (TPSA) is 73.2 Å². The van der Waals surface area contributed by atoms with Crippen molar-refractivity contribution in [3.05, 3.63) is 113 Å². The number of ketones is 1. The standard InChI is InChI=1S/C32H29N3O3S/c1-2-17-34-32(37)26-11-6-7-14-31(26)39-21-27-24-12-8-13-28(36)25(24)15-16-29(27)38-30(20-35-19-18-33-22-35)23-9-4-3-5-10-23/h1,3-7,9-11,14-16,18-19,22,30H,8,12-13,17,20-21H2,(H,34,37)/t30-/m1/s1. The van der Waals surface area contributed by atoms with Crippen molar-refractivity contribution in [3.8, 4) is 18.1 Å². The molecule has 39 heavy (non-hydrogen) atoms. The minimum absolute atomic E-state index is 0.168. The Hall–Kier alpha value is -4.28. The smallest absolute Gasteiger partial charge is 0.253 e. The number of benzene rings is 3. The number of carbonyl (C=O) groups is 2. The second-order valence-electron chi connectivity index (χ2n) is 9.29. The second kappa shape index (κ2) is 12.5. The van der Waals surface area contributed by atoms with E-state index in [-0.39, 0.29) is 24.3 Å². The molecule has 1 aliphatic rings. The van der Waals surface area contributed by atoms with Crippen LogP contribution in [-0.4, -0.2) is 27.8 Å². The molecule has 6 nitrogen and oxygen atoms in total. The van der Waals surface area contributed by atoms with Gasteiger partial charge in [-0.2, -0.15) is 0 Å². The maximum atomic E-state index is 12.8. The van der Waals surface area contributed by atoms with Crippen molar-refractivity contribution in [3.63, 3.8) is 0 Å². The predicted octanol–water partition coefficient (Wildman–Crippen LogP) is 5.88. The van der Waals surface area contributed by atoms with Gasteiger partial charge in [-0.25, -0.2) is 4.98 Å². The highest BCUT2D eigenvalue weighted by Gasteiger charge is 2.25. The fourth-order valence-electron chi connectivity index (χ4n) is 4.82. The average molecular weight is 536 g/mol. The van der Waals surface area contributed by atoms with Crippen LogP contribution in [0.5, 0.6) is 5.75 Å². The van der Waals surface area contributed by atoms with E-state index in [4.69, 9.17) is 11.2 Å². The first-order chi connectivity index (χ1) is 19.1. The van der Waals surface area contributed by atoms with Crippen molar-refractivity contribution in [2.24, 2.45) is 0 Å². The van der Waals surface area contributed by atoms with Gasteiger partial charge in [-0.15, -0.1) is 18.2 Å². The molecule has 0 unspecified atom stereocenters. The molecule has 0 bridgehead atoms. The van der Waals surface area contributed by atoms with Gasteiger partial charge in [-0.1, -0.05) is 48.4 Å². The zero-order valence-electron chi connectivity index (χ0n) is 21.5. The highest BCUT2D eigenvalue weighted by Crippen LogP contribution is 2.38. The summed E-state index contributed by atoms with van der Waals surface area (Å²) in [6, 6.07) is 21.4. The third kappa shape index (κ3) is 6.24. The third-order valence-corrected chi connectivity index (χ3v) is 7.85. The van der Waals surface area contributed by atoms with Crippen molar-refractivity contribution in [1.82, 2.24) is 14.9 Å². The molecule has 5 rings (SSSR count). The van der Waals surface area contributed by atoms with Crippen LogP contribution in [0.1, 0.15) is 56.4 Å². The van der Waals surface area contributed by atoms with Crippen molar-refractivity contribution < 1.29 is 14.3 Å². The van der Waals surface area contributed by atoms with E-state index in [1.807, 2.05) is 59.3 Å². The monoisotopic (exact) mass is 535 g/mol. The Morgan fingerprint density at radius 2 is 1.92 bits per heavy atom. The Morgan fingerprint density at radius 1 is 1.10 bits per heavy atom. The molecule has 0 spiro atoms. The molecule has 1 atom stereocenters. The molecule has 0 saturated heterocycles. The molecule has 0 radical (unpaired) electrons. The molecule has 1 aliphatic carbocycles. The van der Waals surface area contributed by atoms with Crippen LogP contribution < -0.4 is 10.1 Å². The molecular formula is C32H29N3O3S. The summed E-state index contributed by atoms with van der Waals surface area (Å²) in [4.78, 5) is 30.6. The fourth-order valence-corrected chi connectivity index (χ4v) is 5.93. The minimum atomic E-state index is -0.261. The van der Waals surface area contributed by atoms with Crippen LogP contribution >= 0.6 is 11.8 Å². The van der Waals surface area contributed by atoms with Crippen LogP contribution in [0.4, 0.5) is 0 Å². The lowest BCUT2D eigenvalue weighted by molar-refractivity contribution is 0.0952. The van der Waals surface area contributed by atoms with Crippen LogP contribution in [0.15, 0.2) is 90.3 Å². The predicted molar refractivity (Wildman–Crippen MR) is 153 cm³/mol. The van der Waals surface area contributed by atoms with Crippen molar-refractivity contribution in [2.45, 2.75) is 42.6 Å². The number of Topliss-reactive ketones (excluding diaryl/α,β-unsaturated/α-hetero) is 1. The number of aromatic nitrogens is 2. The number of imidazole rings is 1. The molecule has 0 fully saturated rings. The number of nitrogens with one attached hydrogen (secondary N) is 1. The lowest BCUT2D eigenvalue weighted by Crippen LogP contribution is -2.24. The molecule has 0 aliphatic heterocycles. The summed E-state index contributed by atoms with van der Waals surface area (Å²) in [6.45, 7) is 0.757. The zero-order valence-corrected chi connectivity index (χ0v) is 22.3. The van der Waals surface area contributed by atoms with Crippen LogP contribution in [0.25, 0.3) is 0 Å². The number of hydrogen-bond donors (Lipinski definition) is 1. The van der Waals surface area contributed by atoms with Gasteiger partial charge in [-0.05, 0) is 48.2 Å². The number of rotatable bonds is 10. The summed E-state index contributed by atoms with van der Waals surface area (Å²) < 4.78 is 8.75. The number of nitrogens with zero attached hydrogens (tertiary/aromatic N) is 2. The van der Waals surface area contributed by atoms with Gasteiger partial charge < -0.3 is 14.6 Å². The molecule has 0 saturated carbocycles. The fraction of sp³-hybridized carbons (Fsp3) is 0.219. The maximum Gasteiger partial charge on any atom is 0.253 e. The molecule has 1 aromatic heterocycles. The van der Waals surface area contributed by atoms with Crippen LogP contribution in [-0.2, 0) is 18.7 Å². The van der Waals surface area contributed by atoms with Crippen molar-refractivity contribution >= 4 is 23.5 Å². The Kier molecular flexibility index (Phi) is 8.45. The van der Waals surface area contributed by atoms with Crippen LogP contribution in [0.2, 0.25) is 0 Å². The van der Waals surface area contributed by atoms with E-state index >= 15 is 0 Å². The summed E-state index contributed by atoms with van der Waals surface area (Å²) >= 11 is 1.56. The van der Waals surface area contributed by atoms with E-state index in [9.17, 15) is 9.59 Å². The van der Waals surface area contributed by atoms with Crippen LogP contribution in [0, 0.1) is 12.3 Å². The number of terminal acetylenes is 1. The molecule has 1 N–H and O–H groups in total. The second-order valence-corrected chi connectivity index (χ2v) is 10.3. The minimum Gasteiger partial charge on any atom is -0.484 e. The van der Waals surface area contributed by atoms with E-state index in [1.165, 1.54) is 0 Å². The molecule has 4 aromatic rings. The Balaban J connectivity index is 1.49. The number of fused-ring (bicyclic) bond motifs is 1. The van der Waals surface area contributed by atoms with Gasteiger partial charge in [0.15, 0.2) is 5.78 Å². The van der Waals surface area contributed by atoms with Gasteiger partial charge in [-0.3, -0.25) is 9.59 Å². The number of carbonyl (C=O) groups excluding carboxylic acids is 2. The zero-order chi connectivity index (χ0) is 27.0. The highest BCUT2D eigenvalue weighted by molar-refractivity contribution is 7.98. The SMILES string of the molecule is C#CCNC(=O)c1ccccc1SCc1c(O[C@H](Cn2ccnc2)c2ccccc2)ccc2c1CCCC2=O. The van der Waals surface area contributed by atoms with Gasteiger partial charge in [0.2, 0.25) is 0 Å². The molecule has 3 aromatic carbocycles. The summed E-state index contributed by atoms with van der Waals surface area (Å²) in [5.74, 6) is 3.71. The average Bonchev–Trinajstić information content (AvgIpc) is 3.49. The van der Waals surface area contributed by atoms with E-state index < -0.39 is 0 Å². The molecule has 196 valence electrons. The van der Waals surface area contributed by atoms with Gasteiger partial charge >= 0.3 is 0 Å². The first kappa shape index (κ1) is 26.3. The first-order valence-electron chi connectivity index (χ1n) is 12.9. The van der Waals surface area contributed by atoms with Crippen molar-refractivity contribution in [1.29, 1.82) is 0 Å². The Bertz CT molecular complexity index is 1490. The van der Waals surface area contributed by atoms with Crippen molar-refractivity contribution in [2.75, 3.05) is 6.54 Å². The number of ether oxygens (including phenoxy) is 1. The van der Waals surface area contributed by atoms with Gasteiger partial charge in [0, 0.05) is 40.6 Å². The van der Waals surface area contributed by atoms with E-state index in [0.29, 0.717) is 24.3 Å². The lowest BCUT2D eigenvalue weighted by atomic mass is 9.87. The molecular weight excluding hydrogens is 506 g/mol. The number of hydrogen-bond acceptors (Lipinski definition) is 5. The van der Waals surface area contributed by atoms with Gasteiger partial charge in [0.1, 0.15) is 11.9 Å². The van der Waals surface area contributed by atoms with Gasteiger partial charge in [0.25, 0.3) is 5.91 Å². The summed E-state index contributed by atoms with van der Waals surface area (Å²) in [5, 5.41) is 2.75. The van der Waals surface area contributed by atoms with Crippen LogP contribution in [0.3, 0.4) is 0 Å². The Labute approximate surface area is 232 Å². The quantitative estimate of drug-likeness (QED) is 0.203. The van der Waals surface area contributed by atoms with Gasteiger partial charge in [0.05, 0.1) is 25.0 Å². The molecule has 1 amide bonds. The summed E-state index contributed by atoms with van der Waals surface area (Å²) in [6.07, 6.45) is 12.7. The normalized spacial score (nSPS) is 13.3. The highest BCUT2D eigenvalue weighted by atomic mass is 32.2. The summed E-state index contributed by atoms with van der Waals surface area (Å²) in [5.41, 5.74) is 4.43. The lowest BCUT2D eigenvalue weighted by Gasteiger charge is -2.26. The van der Waals surface area contributed by atoms with E-state index in [1.54, 1.807) is 30.4 Å². The summed E-state index contributed by atoms with van der Waals surface area (Å²) in [7, 11) is 0. The number of amides is 1.